The summed E-state index contributed by atoms with van der Waals surface area (Å²) in [6.07, 6.45) is 1.23. The van der Waals surface area contributed by atoms with Gasteiger partial charge in [0.05, 0.1) is 0 Å². The van der Waals surface area contributed by atoms with Gasteiger partial charge in [-0.2, -0.15) is 0 Å². The van der Waals surface area contributed by atoms with Crippen molar-refractivity contribution >= 4 is 11.6 Å². The van der Waals surface area contributed by atoms with E-state index < -0.39 is 0 Å². The molecule has 2 heteroatoms. The minimum atomic E-state index is 0.659. The van der Waals surface area contributed by atoms with Crippen LogP contribution < -0.4 is 5.32 Å². The molecule has 1 aromatic carbocycles. The Morgan fingerprint density at radius 3 is 2.71 bits per heavy atom. The predicted octanol–water partition coefficient (Wildman–Crippen LogP) is 3.03. The molecule has 1 fully saturated rings. The van der Waals surface area contributed by atoms with Gasteiger partial charge >= 0.3 is 0 Å². The van der Waals surface area contributed by atoms with Crippen LogP contribution in [0.4, 0.5) is 0 Å². The third-order valence-electron chi connectivity index (χ3n) is 3.16. The van der Waals surface area contributed by atoms with Crippen molar-refractivity contribution in [3.05, 3.63) is 33.8 Å². The summed E-state index contributed by atoms with van der Waals surface area (Å²) < 4.78 is 0. The van der Waals surface area contributed by atoms with Gasteiger partial charge in [0, 0.05) is 11.6 Å². The SMILES string of the molecule is Cc1cc(C2CCNC2)cc(Cl)c1C. The zero-order valence-corrected chi connectivity index (χ0v) is 9.49. The number of hydrogen-bond donors (Lipinski definition) is 1. The average Bonchev–Trinajstić information content (AvgIpc) is 2.66. The largest absolute Gasteiger partial charge is 0.316 e. The van der Waals surface area contributed by atoms with Crippen LogP contribution in [-0.4, -0.2) is 13.1 Å². The Balaban J connectivity index is 2.34. The number of rotatable bonds is 1. The van der Waals surface area contributed by atoms with Gasteiger partial charge in [0.1, 0.15) is 0 Å². The van der Waals surface area contributed by atoms with E-state index in [2.05, 4.69) is 31.3 Å². The average molecular weight is 210 g/mol. The topological polar surface area (TPSA) is 12.0 Å². The molecule has 1 heterocycles. The molecule has 0 saturated carbocycles. The summed E-state index contributed by atoms with van der Waals surface area (Å²) in [4.78, 5) is 0. The summed E-state index contributed by atoms with van der Waals surface area (Å²) in [6, 6.07) is 4.40. The van der Waals surface area contributed by atoms with Crippen molar-refractivity contribution in [3.63, 3.8) is 0 Å². The van der Waals surface area contributed by atoms with Crippen LogP contribution >= 0.6 is 11.6 Å². The van der Waals surface area contributed by atoms with E-state index in [1.54, 1.807) is 0 Å². The van der Waals surface area contributed by atoms with Crippen molar-refractivity contribution in [1.82, 2.24) is 5.32 Å². The fraction of sp³-hybridized carbons (Fsp3) is 0.500. The van der Waals surface area contributed by atoms with Gasteiger partial charge in [-0.15, -0.1) is 0 Å². The lowest BCUT2D eigenvalue weighted by Crippen LogP contribution is -2.08. The summed E-state index contributed by atoms with van der Waals surface area (Å²) in [5.41, 5.74) is 3.91. The van der Waals surface area contributed by atoms with Crippen LogP contribution in [0.2, 0.25) is 5.02 Å². The molecule has 1 atom stereocenters. The second kappa shape index (κ2) is 3.92. The van der Waals surface area contributed by atoms with Gasteiger partial charge in [0.2, 0.25) is 0 Å². The molecule has 0 aromatic heterocycles. The Morgan fingerprint density at radius 1 is 1.36 bits per heavy atom. The van der Waals surface area contributed by atoms with Crippen LogP contribution in [0.1, 0.15) is 29.0 Å². The van der Waals surface area contributed by atoms with Crippen molar-refractivity contribution in [2.24, 2.45) is 0 Å². The van der Waals surface area contributed by atoms with Crippen LogP contribution in [-0.2, 0) is 0 Å². The summed E-state index contributed by atoms with van der Waals surface area (Å²) in [6.45, 7) is 6.44. The first-order chi connectivity index (χ1) is 6.68. The maximum Gasteiger partial charge on any atom is 0.0440 e. The molecular weight excluding hydrogens is 194 g/mol. The van der Waals surface area contributed by atoms with Gasteiger partial charge in [0.15, 0.2) is 0 Å². The van der Waals surface area contributed by atoms with Crippen molar-refractivity contribution in [3.8, 4) is 0 Å². The van der Waals surface area contributed by atoms with Crippen LogP contribution in [0.5, 0.6) is 0 Å². The van der Waals surface area contributed by atoms with Gasteiger partial charge in [-0.25, -0.2) is 0 Å². The van der Waals surface area contributed by atoms with Crippen molar-refractivity contribution < 1.29 is 0 Å². The monoisotopic (exact) mass is 209 g/mol. The maximum atomic E-state index is 6.18. The summed E-state index contributed by atoms with van der Waals surface area (Å²) >= 11 is 6.18. The number of hydrogen-bond acceptors (Lipinski definition) is 1. The molecule has 0 radical (unpaired) electrons. The molecule has 0 amide bonds. The van der Waals surface area contributed by atoms with Gasteiger partial charge in [-0.05, 0) is 55.5 Å². The molecule has 0 bridgehead atoms. The third kappa shape index (κ3) is 1.79. The Hall–Kier alpha value is -0.530. The standard InChI is InChI=1S/C12H16ClN/c1-8-5-11(6-12(13)9(8)2)10-3-4-14-7-10/h5-6,10,14H,3-4,7H2,1-2H3. The van der Waals surface area contributed by atoms with Crippen LogP contribution in [0.15, 0.2) is 12.1 Å². The molecule has 76 valence electrons. The van der Waals surface area contributed by atoms with Gasteiger partial charge < -0.3 is 5.32 Å². The number of benzene rings is 1. The number of nitrogens with one attached hydrogen (secondary N) is 1. The Bertz CT molecular complexity index is 317. The third-order valence-corrected chi connectivity index (χ3v) is 3.55. The van der Waals surface area contributed by atoms with E-state index in [1.165, 1.54) is 23.1 Å². The lowest BCUT2D eigenvalue weighted by atomic mass is 9.95. The molecule has 0 aliphatic carbocycles. The highest BCUT2D eigenvalue weighted by atomic mass is 35.5. The Kier molecular flexibility index (Phi) is 2.80. The number of halogens is 1. The Labute approximate surface area is 90.5 Å². The second-order valence-electron chi connectivity index (χ2n) is 4.13. The fourth-order valence-electron chi connectivity index (χ4n) is 2.02. The maximum absolute atomic E-state index is 6.18. The molecule has 1 unspecified atom stereocenters. The van der Waals surface area contributed by atoms with Crippen molar-refractivity contribution in [2.75, 3.05) is 13.1 Å². The molecule has 1 nitrogen and oxygen atoms in total. The quantitative estimate of drug-likeness (QED) is 0.750. The first kappa shape index (κ1) is 10.0. The Morgan fingerprint density at radius 2 is 2.14 bits per heavy atom. The lowest BCUT2D eigenvalue weighted by molar-refractivity contribution is 0.762. The minimum Gasteiger partial charge on any atom is -0.316 e. The van der Waals surface area contributed by atoms with Crippen LogP contribution in [0.25, 0.3) is 0 Å². The highest BCUT2D eigenvalue weighted by Crippen LogP contribution is 2.28. The van der Waals surface area contributed by atoms with Gasteiger partial charge in [-0.1, -0.05) is 17.7 Å². The minimum absolute atomic E-state index is 0.659. The zero-order valence-electron chi connectivity index (χ0n) is 8.73. The molecule has 2 rings (SSSR count). The van der Waals surface area contributed by atoms with Crippen LogP contribution in [0, 0.1) is 13.8 Å². The summed E-state index contributed by atoms with van der Waals surface area (Å²) in [5, 5.41) is 4.29. The highest BCUT2D eigenvalue weighted by molar-refractivity contribution is 6.31. The lowest BCUT2D eigenvalue weighted by Gasteiger charge is -2.12. The molecule has 1 aliphatic heterocycles. The first-order valence-corrected chi connectivity index (χ1v) is 5.53. The van der Waals surface area contributed by atoms with E-state index in [9.17, 15) is 0 Å². The summed E-state index contributed by atoms with van der Waals surface area (Å²) in [5.74, 6) is 0.659. The molecule has 1 N–H and O–H groups in total. The molecular formula is C12H16ClN. The van der Waals surface area contributed by atoms with E-state index in [-0.39, 0.29) is 0 Å². The van der Waals surface area contributed by atoms with Crippen LogP contribution in [0.3, 0.4) is 0 Å². The first-order valence-electron chi connectivity index (χ1n) is 5.16. The van der Waals surface area contributed by atoms with E-state index >= 15 is 0 Å². The van der Waals surface area contributed by atoms with Gasteiger partial charge in [-0.3, -0.25) is 0 Å². The van der Waals surface area contributed by atoms with E-state index in [4.69, 9.17) is 11.6 Å². The van der Waals surface area contributed by atoms with Gasteiger partial charge in [0.25, 0.3) is 0 Å². The molecule has 1 saturated heterocycles. The normalized spacial score (nSPS) is 21.5. The number of aryl methyl sites for hydroxylation is 1. The van der Waals surface area contributed by atoms with Crippen molar-refractivity contribution in [2.45, 2.75) is 26.2 Å². The molecule has 1 aliphatic rings. The molecule has 0 spiro atoms. The smallest absolute Gasteiger partial charge is 0.0440 e. The summed E-state index contributed by atoms with van der Waals surface area (Å²) in [7, 11) is 0. The predicted molar refractivity (Wildman–Crippen MR) is 61.2 cm³/mol. The molecule has 14 heavy (non-hydrogen) atoms. The highest BCUT2D eigenvalue weighted by Gasteiger charge is 2.17. The zero-order chi connectivity index (χ0) is 10.1. The van der Waals surface area contributed by atoms with Crippen molar-refractivity contribution in [1.29, 1.82) is 0 Å². The van der Waals surface area contributed by atoms with E-state index in [1.807, 2.05) is 0 Å². The van der Waals surface area contributed by atoms with E-state index in [0.717, 1.165) is 18.1 Å². The van der Waals surface area contributed by atoms with E-state index in [0.29, 0.717) is 5.92 Å². The second-order valence-corrected chi connectivity index (χ2v) is 4.54. The molecule has 1 aromatic rings. The fourth-order valence-corrected chi connectivity index (χ4v) is 2.29.